The minimum absolute atomic E-state index is 0.235. The number of hydrogen-bond donors (Lipinski definition) is 0. The zero-order valence-corrected chi connectivity index (χ0v) is 14.4. The molecule has 0 atom stereocenters. The summed E-state index contributed by atoms with van der Waals surface area (Å²) >= 11 is 8.13. The summed E-state index contributed by atoms with van der Waals surface area (Å²) in [5.74, 6) is 0.235. The third-order valence-corrected chi connectivity index (χ3v) is 8.10. The number of rotatable bonds is 0. The molecule has 0 radical (unpaired) electrons. The highest BCUT2D eigenvalue weighted by Gasteiger charge is 2.35. The minimum Gasteiger partial charge on any atom is -0.288 e. The molecule has 0 spiro atoms. The molecule has 2 aromatic rings. The number of thiophene rings is 2. The first-order valence-corrected chi connectivity index (χ1v) is 8.44. The second-order valence-corrected chi connectivity index (χ2v) is 9.40. The molecule has 1 nitrogen and oxygen atoms in total. The van der Waals surface area contributed by atoms with Gasteiger partial charge in [0.15, 0.2) is 5.78 Å². The third-order valence-electron chi connectivity index (χ3n) is 2.84. The van der Waals surface area contributed by atoms with Crippen molar-refractivity contribution in [2.75, 3.05) is 0 Å². The van der Waals surface area contributed by atoms with Crippen LogP contribution in [-0.2, 0) is 0 Å². The van der Waals surface area contributed by atoms with E-state index in [1.54, 1.807) is 22.7 Å². The Bertz CT molecular complexity index is 583. The van der Waals surface area contributed by atoms with Crippen LogP contribution in [0.5, 0.6) is 0 Å². The molecule has 0 aliphatic heterocycles. The molecule has 0 fully saturated rings. The van der Waals surface area contributed by atoms with Crippen molar-refractivity contribution in [3.8, 4) is 9.75 Å². The molecule has 3 rings (SSSR count). The van der Waals surface area contributed by atoms with Crippen LogP contribution < -0.4 is 0 Å². The Kier molecular flexibility index (Phi) is 2.73. The Labute approximate surface area is 129 Å². The minimum atomic E-state index is 0.235. The van der Waals surface area contributed by atoms with E-state index < -0.39 is 0 Å². The van der Waals surface area contributed by atoms with Gasteiger partial charge in [0.25, 0.3) is 0 Å². The largest absolute Gasteiger partial charge is 0.288 e. The van der Waals surface area contributed by atoms with Crippen LogP contribution >= 0.6 is 67.9 Å². The van der Waals surface area contributed by atoms with Crippen LogP contribution in [0, 0.1) is 19.6 Å². The number of hydrogen-bond acceptors (Lipinski definition) is 3. The van der Waals surface area contributed by atoms with Crippen LogP contribution in [0.4, 0.5) is 0 Å². The van der Waals surface area contributed by atoms with E-state index in [4.69, 9.17) is 0 Å². The smallest absolute Gasteiger partial charge is 0.196 e. The van der Waals surface area contributed by atoms with Gasteiger partial charge in [-0.25, -0.2) is 0 Å². The molecular formula is C11H6I2OS2. The van der Waals surface area contributed by atoms with Crippen molar-refractivity contribution < 1.29 is 4.79 Å². The van der Waals surface area contributed by atoms with Crippen LogP contribution in [0.25, 0.3) is 9.75 Å². The second kappa shape index (κ2) is 3.76. The molecule has 0 saturated carbocycles. The predicted molar refractivity (Wildman–Crippen MR) is 86.0 cm³/mol. The SMILES string of the molecule is Cc1c(I)sc2c1C(=O)c1c-2sc(I)c1C. The average Bonchev–Trinajstić information content (AvgIpc) is 2.76. The molecule has 82 valence electrons. The van der Waals surface area contributed by atoms with E-state index in [0.29, 0.717) is 0 Å². The average molecular weight is 472 g/mol. The van der Waals surface area contributed by atoms with Crippen molar-refractivity contribution in [1.82, 2.24) is 0 Å². The Balaban J connectivity index is 2.41. The van der Waals surface area contributed by atoms with Crippen LogP contribution in [0.15, 0.2) is 0 Å². The van der Waals surface area contributed by atoms with Crippen LogP contribution in [0.2, 0.25) is 0 Å². The fourth-order valence-corrected chi connectivity index (χ4v) is 6.03. The van der Waals surface area contributed by atoms with Gasteiger partial charge in [0, 0.05) is 11.1 Å². The first-order valence-electron chi connectivity index (χ1n) is 4.65. The van der Waals surface area contributed by atoms with Crippen LogP contribution in [0.3, 0.4) is 0 Å². The molecule has 0 bridgehead atoms. The first kappa shape index (κ1) is 11.6. The lowest BCUT2D eigenvalue weighted by atomic mass is 10.1. The standard InChI is InChI=1S/C11H6I2OS2/c1-3-5-7(14)6-4(2)11(13)16-9(6)8(5)15-10(3)12/h1-2H3. The molecule has 5 heteroatoms. The van der Waals surface area contributed by atoms with E-state index in [-0.39, 0.29) is 5.78 Å². The lowest BCUT2D eigenvalue weighted by Gasteiger charge is -1.96. The Morgan fingerprint density at radius 3 is 1.62 bits per heavy atom. The summed E-state index contributed by atoms with van der Waals surface area (Å²) in [6.45, 7) is 4.09. The van der Waals surface area contributed by atoms with Gasteiger partial charge in [0.05, 0.1) is 15.5 Å². The zero-order chi connectivity index (χ0) is 11.6. The van der Waals surface area contributed by atoms with Crippen molar-refractivity contribution in [1.29, 1.82) is 0 Å². The van der Waals surface area contributed by atoms with Gasteiger partial charge in [0.1, 0.15) is 0 Å². The molecular weight excluding hydrogens is 466 g/mol. The van der Waals surface area contributed by atoms with E-state index in [0.717, 1.165) is 22.3 Å². The number of halogens is 2. The van der Waals surface area contributed by atoms with Gasteiger partial charge in [-0.05, 0) is 70.2 Å². The van der Waals surface area contributed by atoms with Gasteiger partial charge in [-0.3, -0.25) is 4.79 Å². The summed E-state index contributed by atoms with van der Waals surface area (Å²) in [5, 5.41) is 0. The normalized spacial score (nSPS) is 13.1. The van der Waals surface area contributed by atoms with Gasteiger partial charge >= 0.3 is 0 Å². The maximum Gasteiger partial charge on any atom is 0.196 e. The zero-order valence-electron chi connectivity index (χ0n) is 8.48. The molecule has 2 aromatic heterocycles. The Morgan fingerprint density at radius 2 is 1.25 bits per heavy atom. The molecule has 0 N–H and O–H groups in total. The second-order valence-electron chi connectivity index (χ2n) is 3.74. The molecule has 0 unspecified atom stereocenters. The fourth-order valence-electron chi connectivity index (χ4n) is 1.96. The van der Waals surface area contributed by atoms with E-state index in [1.807, 2.05) is 13.8 Å². The lowest BCUT2D eigenvalue weighted by molar-refractivity contribution is 0.104. The van der Waals surface area contributed by atoms with E-state index in [2.05, 4.69) is 45.2 Å². The predicted octanol–water partition coefficient (Wildman–Crippen LogP) is 4.85. The van der Waals surface area contributed by atoms with E-state index >= 15 is 0 Å². The lowest BCUT2D eigenvalue weighted by Crippen LogP contribution is -1.98. The van der Waals surface area contributed by atoms with Crippen LogP contribution in [-0.4, -0.2) is 5.78 Å². The maximum atomic E-state index is 12.4. The summed E-state index contributed by atoms with van der Waals surface area (Å²) < 4.78 is 2.48. The number of carbonyl (C=O) groups excluding carboxylic acids is 1. The highest BCUT2D eigenvalue weighted by atomic mass is 127. The van der Waals surface area contributed by atoms with Crippen molar-refractivity contribution in [2.45, 2.75) is 13.8 Å². The van der Waals surface area contributed by atoms with Gasteiger partial charge in [-0.1, -0.05) is 0 Å². The van der Waals surface area contributed by atoms with E-state index in [9.17, 15) is 4.79 Å². The summed E-state index contributed by atoms with van der Waals surface area (Å²) in [5.41, 5.74) is 4.22. The summed E-state index contributed by atoms with van der Waals surface area (Å²) in [7, 11) is 0. The van der Waals surface area contributed by atoms with Crippen molar-refractivity contribution >= 4 is 73.6 Å². The van der Waals surface area contributed by atoms with Gasteiger partial charge in [-0.15, -0.1) is 22.7 Å². The first-order chi connectivity index (χ1) is 7.52. The number of carbonyl (C=O) groups is 1. The quantitative estimate of drug-likeness (QED) is 0.428. The van der Waals surface area contributed by atoms with Gasteiger partial charge in [-0.2, -0.15) is 0 Å². The van der Waals surface area contributed by atoms with Crippen molar-refractivity contribution in [3.63, 3.8) is 0 Å². The Morgan fingerprint density at radius 1 is 0.875 bits per heavy atom. The topological polar surface area (TPSA) is 17.1 Å². The summed E-state index contributed by atoms with van der Waals surface area (Å²) in [6, 6.07) is 0. The fraction of sp³-hybridized carbons (Fsp3) is 0.182. The molecule has 1 aliphatic rings. The third kappa shape index (κ3) is 1.34. The molecule has 0 saturated heterocycles. The van der Waals surface area contributed by atoms with Crippen LogP contribution in [0.1, 0.15) is 27.0 Å². The van der Waals surface area contributed by atoms with E-state index in [1.165, 1.54) is 15.5 Å². The molecule has 0 aromatic carbocycles. The molecule has 1 aliphatic carbocycles. The summed E-state index contributed by atoms with van der Waals surface area (Å²) in [6.07, 6.45) is 0. The maximum absolute atomic E-state index is 12.4. The molecule has 2 heterocycles. The highest BCUT2D eigenvalue weighted by Crippen LogP contribution is 2.50. The van der Waals surface area contributed by atoms with Gasteiger partial charge < -0.3 is 0 Å². The molecule has 0 amide bonds. The number of ketones is 1. The Hall–Kier alpha value is 0.530. The van der Waals surface area contributed by atoms with Crippen molar-refractivity contribution in [3.05, 3.63) is 28.0 Å². The molecule has 16 heavy (non-hydrogen) atoms. The number of fused-ring (bicyclic) bond motifs is 3. The highest BCUT2D eigenvalue weighted by molar-refractivity contribution is 14.1. The monoisotopic (exact) mass is 472 g/mol. The van der Waals surface area contributed by atoms with Crippen molar-refractivity contribution in [2.24, 2.45) is 0 Å². The van der Waals surface area contributed by atoms with Gasteiger partial charge in [0.2, 0.25) is 0 Å². The summed E-state index contributed by atoms with van der Waals surface area (Å²) in [4.78, 5) is 14.7.